The van der Waals surface area contributed by atoms with Gasteiger partial charge in [0.2, 0.25) is 10.0 Å². The highest BCUT2D eigenvalue weighted by molar-refractivity contribution is 7.89. The quantitative estimate of drug-likeness (QED) is 0.291. The van der Waals surface area contributed by atoms with E-state index < -0.39 is 10.0 Å². The van der Waals surface area contributed by atoms with Gasteiger partial charge in [-0.2, -0.15) is 0 Å². The lowest BCUT2D eigenvalue weighted by Gasteiger charge is -2.20. The topological polar surface area (TPSA) is 93.0 Å². The molecule has 0 aliphatic heterocycles. The van der Waals surface area contributed by atoms with Crippen LogP contribution in [0.15, 0.2) is 70.2 Å². The van der Waals surface area contributed by atoms with Crippen molar-refractivity contribution in [2.45, 2.75) is 31.2 Å². The van der Waals surface area contributed by atoms with Crippen molar-refractivity contribution in [2.75, 3.05) is 25.6 Å². The third-order valence-electron chi connectivity index (χ3n) is 5.59. The first-order chi connectivity index (χ1) is 16.8. The molecule has 0 aliphatic rings. The van der Waals surface area contributed by atoms with Gasteiger partial charge in [0.05, 0.1) is 35.0 Å². The third kappa shape index (κ3) is 5.39. The Labute approximate surface area is 208 Å². The molecule has 0 saturated carbocycles. The summed E-state index contributed by atoms with van der Waals surface area (Å²) in [6.45, 7) is 2.64. The number of nitrogens with zero attached hydrogens (tertiary/aromatic N) is 3. The number of unbranched alkanes of at least 4 members (excludes halogenated alkanes) is 1. The molecule has 0 spiro atoms. The summed E-state index contributed by atoms with van der Waals surface area (Å²) >= 11 is 1.37. The zero-order chi connectivity index (χ0) is 25.0. The number of rotatable bonds is 10. The minimum absolute atomic E-state index is 0.150. The molecule has 0 fully saturated rings. The Hall–Kier alpha value is -3.21. The second-order valence-electron chi connectivity index (χ2n) is 8.01. The average Bonchev–Trinajstić information content (AvgIpc) is 3.54. The minimum atomic E-state index is -3.62. The van der Waals surface area contributed by atoms with Crippen LogP contribution in [-0.4, -0.2) is 44.3 Å². The summed E-state index contributed by atoms with van der Waals surface area (Å²) in [6, 6.07) is 15.1. The first kappa shape index (κ1) is 24.9. The molecule has 0 atom stereocenters. The van der Waals surface area contributed by atoms with Gasteiger partial charge in [-0.15, -0.1) is 0 Å². The van der Waals surface area contributed by atoms with Gasteiger partial charge in [0.1, 0.15) is 11.5 Å². The van der Waals surface area contributed by atoms with E-state index in [2.05, 4.69) is 4.98 Å². The molecule has 0 radical (unpaired) electrons. The fourth-order valence-corrected chi connectivity index (χ4v) is 5.73. The normalized spacial score (nSPS) is 11.8. The predicted octanol–water partition coefficient (Wildman–Crippen LogP) is 5.17. The van der Waals surface area contributed by atoms with Gasteiger partial charge >= 0.3 is 0 Å². The molecule has 10 heteroatoms. The maximum Gasteiger partial charge on any atom is 0.260 e. The Balaban J connectivity index is 1.65. The van der Waals surface area contributed by atoms with E-state index >= 15 is 0 Å². The van der Waals surface area contributed by atoms with Crippen LogP contribution in [0.3, 0.4) is 0 Å². The van der Waals surface area contributed by atoms with Crippen molar-refractivity contribution in [1.29, 1.82) is 0 Å². The standard InChI is InChI=1S/C25H27N3O5S2/c1-4-5-14-27(2)35(30,31)21-11-8-18(9-12-21)24(29)28(17-20-7-6-15-33-20)25-26-22-13-10-19(32-3)16-23(22)34-25/h6-13,15-16H,4-5,14,17H2,1-3H3. The fourth-order valence-electron chi connectivity index (χ4n) is 3.53. The highest BCUT2D eigenvalue weighted by atomic mass is 32.2. The fraction of sp³-hybridized carbons (Fsp3) is 0.280. The number of thiazole rings is 1. The molecular formula is C25H27N3O5S2. The van der Waals surface area contributed by atoms with E-state index in [-0.39, 0.29) is 17.3 Å². The molecular weight excluding hydrogens is 486 g/mol. The lowest BCUT2D eigenvalue weighted by atomic mass is 10.2. The highest BCUT2D eigenvalue weighted by Gasteiger charge is 2.25. The summed E-state index contributed by atoms with van der Waals surface area (Å²) in [4.78, 5) is 19.9. The zero-order valence-corrected chi connectivity index (χ0v) is 21.4. The minimum Gasteiger partial charge on any atom is -0.497 e. The zero-order valence-electron chi connectivity index (χ0n) is 19.8. The van der Waals surface area contributed by atoms with Crippen molar-refractivity contribution in [3.63, 3.8) is 0 Å². The second kappa shape index (κ2) is 10.6. The summed E-state index contributed by atoms with van der Waals surface area (Å²) in [5.41, 5.74) is 1.10. The number of methoxy groups -OCH3 is 1. The highest BCUT2D eigenvalue weighted by Crippen LogP contribution is 2.33. The Morgan fingerprint density at radius 3 is 2.57 bits per heavy atom. The molecule has 0 unspecified atom stereocenters. The van der Waals surface area contributed by atoms with Crippen LogP contribution in [-0.2, 0) is 16.6 Å². The molecule has 8 nitrogen and oxygen atoms in total. The van der Waals surface area contributed by atoms with E-state index in [1.54, 1.807) is 32.6 Å². The van der Waals surface area contributed by atoms with Crippen LogP contribution < -0.4 is 9.64 Å². The van der Waals surface area contributed by atoms with E-state index in [4.69, 9.17) is 9.15 Å². The molecule has 4 rings (SSSR count). The summed E-state index contributed by atoms with van der Waals surface area (Å²) in [7, 11) is -0.455. The first-order valence-corrected chi connectivity index (χ1v) is 13.4. The summed E-state index contributed by atoms with van der Waals surface area (Å²) in [6.07, 6.45) is 3.23. The van der Waals surface area contributed by atoms with Gasteiger partial charge in [0.25, 0.3) is 5.91 Å². The smallest absolute Gasteiger partial charge is 0.260 e. The number of carbonyl (C=O) groups is 1. The largest absolute Gasteiger partial charge is 0.497 e. The lowest BCUT2D eigenvalue weighted by Crippen LogP contribution is -2.30. The molecule has 35 heavy (non-hydrogen) atoms. The number of aromatic nitrogens is 1. The van der Waals surface area contributed by atoms with Crippen LogP contribution in [0.5, 0.6) is 5.75 Å². The van der Waals surface area contributed by atoms with Crippen molar-refractivity contribution >= 4 is 42.6 Å². The molecule has 184 valence electrons. The molecule has 0 aliphatic carbocycles. The van der Waals surface area contributed by atoms with Crippen LogP contribution in [0.2, 0.25) is 0 Å². The number of anilines is 1. The van der Waals surface area contributed by atoms with E-state index in [0.29, 0.717) is 28.7 Å². The van der Waals surface area contributed by atoms with Crippen molar-refractivity contribution < 1.29 is 22.4 Å². The molecule has 2 aromatic carbocycles. The van der Waals surface area contributed by atoms with Gasteiger partial charge in [-0.25, -0.2) is 17.7 Å². The monoisotopic (exact) mass is 513 g/mol. The van der Waals surface area contributed by atoms with Gasteiger partial charge in [-0.05, 0) is 61.0 Å². The predicted molar refractivity (Wildman–Crippen MR) is 137 cm³/mol. The SMILES string of the molecule is CCCCN(C)S(=O)(=O)c1ccc(C(=O)N(Cc2ccco2)c2nc3ccc(OC)cc3s2)cc1. The summed E-state index contributed by atoms with van der Waals surface area (Å²) in [5, 5.41) is 0.505. The Morgan fingerprint density at radius 2 is 1.91 bits per heavy atom. The maximum atomic E-state index is 13.6. The average molecular weight is 514 g/mol. The number of furan rings is 1. The van der Waals surface area contributed by atoms with Gasteiger partial charge in [0, 0.05) is 19.2 Å². The maximum absolute atomic E-state index is 13.6. The van der Waals surface area contributed by atoms with Crippen molar-refractivity contribution in [3.05, 3.63) is 72.2 Å². The van der Waals surface area contributed by atoms with Crippen LogP contribution in [0.1, 0.15) is 35.9 Å². The Morgan fingerprint density at radius 1 is 1.14 bits per heavy atom. The van der Waals surface area contributed by atoms with Crippen molar-refractivity contribution in [2.24, 2.45) is 0 Å². The number of hydrogen-bond acceptors (Lipinski definition) is 7. The summed E-state index contributed by atoms with van der Waals surface area (Å²) in [5.74, 6) is 1.000. The van der Waals surface area contributed by atoms with Gasteiger partial charge in [-0.3, -0.25) is 9.69 Å². The van der Waals surface area contributed by atoms with Crippen LogP contribution in [0, 0.1) is 0 Å². The molecule has 2 heterocycles. The molecule has 0 N–H and O–H groups in total. The summed E-state index contributed by atoms with van der Waals surface area (Å²) < 4.78 is 38.7. The second-order valence-corrected chi connectivity index (χ2v) is 11.1. The first-order valence-electron chi connectivity index (χ1n) is 11.2. The van der Waals surface area contributed by atoms with Gasteiger partial charge < -0.3 is 9.15 Å². The molecule has 0 bridgehead atoms. The van der Waals surface area contributed by atoms with E-state index in [0.717, 1.165) is 23.1 Å². The van der Waals surface area contributed by atoms with Crippen molar-refractivity contribution in [3.8, 4) is 5.75 Å². The van der Waals surface area contributed by atoms with E-state index in [1.165, 1.54) is 44.8 Å². The Bertz CT molecular complexity index is 1400. The van der Waals surface area contributed by atoms with Crippen LogP contribution >= 0.6 is 11.3 Å². The van der Waals surface area contributed by atoms with E-state index in [9.17, 15) is 13.2 Å². The molecule has 0 saturated heterocycles. The van der Waals surface area contributed by atoms with Gasteiger partial charge in [-0.1, -0.05) is 24.7 Å². The molecule has 2 aromatic heterocycles. The number of carbonyl (C=O) groups excluding carboxylic acids is 1. The number of sulfonamides is 1. The number of benzene rings is 2. The lowest BCUT2D eigenvalue weighted by molar-refractivity contribution is 0.0983. The number of amides is 1. The Kier molecular flexibility index (Phi) is 7.54. The molecule has 1 amide bonds. The third-order valence-corrected chi connectivity index (χ3v) is 8.50. The van der Waals surface area contributed by atoms with Crippen LogP contribution in [0.25, 0.3) is 10.2 Å². The van der Waals surface area contributed by atoms with Crippen LogP contribution in [0.4, 0.5) is 5.13 Å². The molecule has 4 aromatic rings. The number of hydrogen-bond donors (Lipinski definition) is 0. The van der Waals surface area contributed by atoms with E-state index in [1.807, 2.05) is 25.1 Å². The van der Waals surface area contributed by atoms with Crippen molar-refractivity contribution in [1.82, 2.24) is 9.29 Å². The number of fused-ring (bicyclic) bond motifs is 1. The van der Waals surface area contributed by atoms with Gasteiger partial charge in [0.15, 0.2) is 5.13 Å². The number of ether oxygens (including phenoxy) is 1.